The fourth-order valence-electron chi connectivity index (χ4n) is 3.16. The van der Waals surface area contributed by atoms with E-state index in [4.69, 9.17) is 0 Å². The van der Waals surface area contributed by atoms with Crippen molar-refractivity contribution < 1.29 is 4.79 Å². The van der Waals surface area contributed by atoms with Crippen LogP contribution in [0.2, 0.25) is 0 Å². The van der Waals surface area contributed by atoms with Gasteiger partial charge in [-0.05, 0) is 29.3 Å². The van der Waals surface area contributed by atoms with Crippen LogP contribution >= 0.6 is 0 Å². The van der Waals surface area contributed by atoms with E-state index in [2.05, 4.69) is 38.5 Å². The molecule has 2 heterocycles. The van der Waals surface area contributed by atoms with Gasteiger partial charge in [0.15, 0.2) is 0 Å². The second-order valence-corrected chi connectivity index (χ2v) is 6.45. The molecule has 0 saturated heterocycles. The monoisotopic (exact) mass is 368 g/mol. The van der Waals surface area contributed by atoms with Crippen LogP contribution in [0.5, 0.6) is 0 Å². The Labute approximate surface area is 163 Å². The number of carbonyl (C=O) groups excluding carboxylic acids is 1. The molecule has 5 heteroatoms. The number of aliphatic imine (C=N–C) groups is 1. The predicted octanol–water partition coefficient (Wildman–Crippen LogP) is 3.34. The Bertz CT molecular complexity index is 1030. The summed E-state index contributed by atoms with van der Waals surface area (Å²) in [6.07, 6.45) is 6.07. The van der Waals surface area contributed by atoms with Gasteiger partial charge < -0.3 is 5.32 Å². The van der Waals surface area contributed by atoms with Gasteiger partial charge in [0, 0.05) is 36.5 Å². The first-order chi connectivity index (χ1) is 13.8. The zero-order valence-electron chi connectivity index (χ0n) is 15.4. The molecule has 5 nitrogen and oxygen atoms in total. The largest absolute Gasteiger partial charge is 0.352 e. The number of amides is 1. The van der Waals surface area contributed by atoms with Crippen LogP contribution in [0, 0.1) is 0 Å². The SMILES string of the molecule is O=C(NCCc1ncccn1)c1ccccc1C1=NCC(c2ccccc2)=C1. The van der Waals surface area contributed by atoms with Crippen molar-refractivity contribution in [2.75, 3.05) is 13.1 Å². The molecule has 1 aromatic heterocycles. The van der Waals surface area contributed by atoms with Gasteiger partial charge in [-0.3, -0.25) is 9.79 Å². The number of nitrogens with one attached hydrogen (secondary N) is 1. The first-order valence-corrected chi connectivity index (χ1v) is 9.25. The maximum Gasteiger partial charge on any atom is 0.251 e. The van der Waals surface area contributed by atoms with E-state index in [0.717, 1.165) is 22.4 Å². The molecular formula is C23H20N4O. The first-order valence-electron chi connectivity index (χ1n) is 9.25. The Morgan fingerprint density at radius 1 is 0.929 bits per heavy atom. The van der Waals surface area contributed by atoms with Crippen LogP contribution in [-0.4, -0.2) is 34.7 Å². The number of nitrogens with zero attached hydrogens (tertiary/aromatic N) is 3. The number of allylic oxidation sites excluding steroid dienone is 1. The smallest absolute Gasteiger partial charge is 0.251 e. The van der Waals surface area contributed by atoms with E-state index in [0.29, 0.717) is 30.9 Å². The summed E-state index contributed by atoms with van der Waals surface area (Å²) in [5.41, 5.74) is 4.64. The average molecular weight is 368 g/mol. The summed E-state index contributed by atoms with van der Waals surface area (Å²) in [5.74, 6) is 0.600. The molecule has 0 spiro atoms. The van der Waals surface area contributed by atoms with Gasteiger partial charge in [0.05, 0.1) is 12.3 Å². The summed E-state index contributed by atoms with van der Waals surface area (Å²) < 4.78 is 0. The Balaban J connectivity index is 1.48. The van der Waals surface area contributed by atoms with Gasteiger partial charge in [0.25, 0.3) is 5.91 Å². The number of carbonyl (C=O) groups is 1. The van der Waals surface area contributed by atoms with E-state index in [1.54, 1.807) is 18.5 Å². The van der Waals surface area contributed by atoms with E-state index in [1.807, 2.05) is 42.5 Å². The maximum absolute atomic E-state index is 12.7. The summed E-state index contributed by atoms with van der Waals surface area (Å²) in [4.78, 5) is 25.7. The van der Waals surface area contributed by atoms with Crippen LogP contribution in [-0.2, 0) is 6.42 Å². The molecule has 28 heavy (non-hydrogen) atoms. The summed E-state index contributed by atoms with van der Waals surface area (Å²) in [6.45, 7) is 1.11. The summed E-state index contributed by atoms with van der Waals surface area (Å²) >= 11 is 0. The lowest BCUT2D eigenvalue weighted by atomic mass is 10.00. The number of rotatable bonds is 6. The van der Waals surface area contributed by atoms with Crippen LogP contribution in [0.1, 0.15) is 27.3 Å². The highest BCUT2D eigenvalue weighted by Crippen LogP contribution is 2.23. The zero-order valence-corrected chi connectivity index (χ0v) is 15.4. The summed E-state index contributed by atoms with van der Waals surface area (Å²) in [6, 6.07) is 19.6. The zero-order chi connectivity index (χ0) is 19.2. The van der Waals surface area contributed by atoms with E-state index >= 15 is 0 Å². The third kappa shape index (κ3) is 4.04. The van der Waals surface area contributed by atoms with Crippen molar-refractivity contribution in [3.8, 4) is 0 Å². The molecule has 1 amide bonds. The molecule has 0 unspecified atom stereocenters. The van der Waals surface area contributed by atoms with Crippen LogP contribution in [0.25, 0.3) is 5.57 Å². The first kappa shape index (κ1) is 17.8. The minimum absolute atomic E-state index is 0.115. The van der Waals surface area contributed by atoms with Crippen LogP contribution in [0.3, 0.4) is 0 Å². The quantitative estimate of drug-likeness (QED) is 0.726. The lowest BCUT2D eigenvalue weighted by Crippen LogP contribution is -2.27. The lowest BCUT2D eigenvalue weighted by molar-refractivity contribution is 0.0954. The molecule has 4 rings (SSSR count). The van der Waals surface area contributed by atoms with E-state index < -0.39 is 0 Å². The number of benzene rings is 2. The molecule has 1 N–H and O–H groups in total. The Kier molecular flexibility index (Phi) is 5.33. The third-order valence-corrected chi connectivity index (χ3v) is 4.58. The van der Waals surface area contributed by atoms with Crippen molar-refractivity contribution >= 4 is 17.2 Å². The highest BCUT2D eigenvalue weighted by molar-refractivity contribution is 6.19. The highest BCUT2D eigenvalue weighted by atomic mass is 16.1. The number of hydrogen-bond donors (Lipinski definition) is 1. The Morgan fingerprint density at radius 3 is 2.50 bits per heavy atom. The standard InChI is InChI=1S/C23H20N4O/c28-23(26-14-11-22-24-12-6-13-25-22)20-10-5-4-9-19(20)21-15-18(16-27-21)17-7-2-1-3-8-17/h1-10,12-13,15H,11,14,16H2,(H,26,28). The van der Waals surface area contributed by atoms with Crippen molar-refractivity contribution in [3.05, 3.63) is 102 Å². The second-order valence-electron chi connectivity index (χ2n) is 6.45. The van der Waals surface area contributed by atoms with Crippen molar-refractivity contribution in [1.29, 1.82) is 0 Å². The minimum Gasteiger partial charge on any atom is -0.352 e. The molecule has 1 aliphatic heterocycles. The highest BCUT2D eigenvalue weighted by Gasteiger charge is 2.17. The van der Waals surface area contributed by atoms with Crippen molar-refractivity contribution in [2.45, 2.75) is 6.42 Å². The molecule has 2 aromatic carbocycles. The third-order valence-electron chi connectivity index (χ3n) is 4.58. The van der Waals surface area contributed by atoms with Crippen molar-refractivity contribution in [2.24, 2.45) is 4.99 Å². The second kappa shape index (κ2) is 8.39. The fourth-order valence-corrected chi connectivity index (χ4v) is 3.16. The van der Waals surface area contributed by atoms with Gasteiger partial charge >= 0.3 is 0 Å². The molecular weight excluding hydrogens is 348 g/mol. The van der Waals surface area contributed by atoms with Gasteiger partial charge in [-0.2, -0.15) is 0 Å². The van der Waals surface area contributed by atoms with E-state index in [-0.39, 0.29) is 5.91 Å². The van der Waals surface area contributed by atoms with Crippen LogP contribution in [0.4, 0.5) is 0 Å². The van der Waals surface area contributed by atoms with Gasteiger partial charge in [-0.1, -0.05) is 48.5 Å². The van der Waals surface area contributed by atoms with Gasteiger partial charge in [-0.25, -0.2) is 9.97 Å². The molecule has 0 bridgehead atoms. The fraction of sp³-hybridized carbons (Fsp3) is 0.130. The molecule has 0 radical (unpaired) electrons. The number of hydrogen-bond acceptors (Lipinski definition) is 4. The topological polar surface area (TPSA) is 67.2 Å². The van der Waals surface area contributed by atoms with Crippen LogP contribution < -0.4 is 5.32 Å². The van der Waals surface area contributed by atoms with Gasteiger partial charge in [0.2, 0.25) is 0 Å². The van der Waals surface area contributed by atoms with Crippen LogP contribution in [0.15, 0.2) is 84.1 Å². The van der Waals surface area contributed by atoms with Gasteiger partial charge in [0.1, 0.15) is 5.82 Å². The molecule has 138 valence electrons. The Hall–Kier alpha value is -3.60. The summed E-state index contributed by atoms with van der Waals surface area (Å²) in [7, 11) is 0. The molecule has 1 aliphatic rings. The van der Waals surface area contributed by atoms with E-state index in [1.165, 1.54) is 0 Å². The van der Waals surface area contributed by atoms with Crippen molar-refractivity contribution in [1.82, 2.24) is 15.3 Å². The maximum atomic E-state index is 12.7. The average Bonchev–Trinajstić information content (AvgIpc) is 3.25. The van der Waals surface area contributed by atoms with Gasteiger partial charge in [-0.15, -0.1) is 0 Å². The molecule has 0 aliphatic carbocycles. The summed E-state index contributed by atoms with van der Waals surface area (Å²) in [5, 5.41) is 2.96. The minimum atomic E-state index is -0.115. The molecule has 3 aromatic rings. The molecule has 0 fully saturated rings. The van der Waals surface area contributed by atoms with Crippen molar-refractivity contribution in [3.63, 3.8) is 0 Å². The number of aromatic nitrogens is 2. The lowest BCUT2D eigenvalue weighted by Gasteiger charge is -2.09. The predicted molar refractivity (Wildman–Crippen MR) is 110 cm³/mol. The molecule has 0 saturated carbocycles. The molecule has 0 atom stereocenters. The Morgan fingerprint density at radius 2 is 1.68 bits per heavy atom. The van der Waals surface area contributed by atoms with E-state index in [9.17, 15) is 4.79 Å². The normalized spacial score (nSPS) is 13.0.